The molecule has 15 heavy (non-hydrogen) atoms. The number of hydrogen-bond donors (Lipinski definition) is 0. The second-order valence-electron chi connectivity index (χ2n) is 3.63. The minimum atomic E-state index is 0. The van der Waals surface area contributed by atoms with Crippen LogP contribution in [-0.2, 0) is 12.8 Å². The fraction of sp³-hybridized carbons (Fsp3) is 0.286. The molecule has 80 valence electrons. The van der Waals surface area contributed by atoms with E-state index in [1.54, 1.807) is 0 Å². The maximum absolute atomic E-state index is 2.27. The van der Waals surface area contributed by atoms with E-state index in [0.29, 0.717) is 0 Å². The number of rotatable bonds is 2. The van der Waals surface area contributed by atoms with Gasteiger partial charge in [0.2, 0.25) is 0 Å². The molecule has 0 atom stereocenters. The molecule has 0 unspecified atom stereocenters. The quantitative estimate of drug-likeness (QED) is 0.712. The zero-order valence-corrected chi connectivity index (χ0v) is 10.4. The highest BCUT2D eigenvalue weighted by Crippen LogP contribution is 2.23. The van der Waals surface area contributed by atoms with Crippen molar-refractivity contribution in [1.82, 2.24) is 0 Å². The predicted molar refractivity (Wildman–Crippen MR) is 73.1 cm³/mol. The molecule has 1 heteroatoms. The molecule has 0 N–H and O–H groups in total. The largest absolute Gasteiger partial charge is 0.197 e. The van der Waals surface area contributed by atoms with Crippen molar-refractivity contribution in [2.75, 3.05) is 0 Å². The summed E-state index contributed by atoms with van der Waals surface area (Å²) in [5.41, 5.74) is 3.01. The van der Waals surface area contributed by atoms with Crippen molar-refractivity contribution in [3.63, 3.8) is 0 Å². The smallest absolute Gasteiger partial charge is 0.0149 e. The summed E-state index contributed by atoms with van der Waals surface area (Å²) in [5.74, 6) is 0. The Hall–Kier alpha value is -0.950. The third kappa shape index (κ3) is 2.18. The van der Waals surface area contributed by atoms with Gasteiger partial charge in [-0.1, -0.05) is 50.2 Å². The third-order valence-electron chi connectivity index (χ3n) is 2.87. The van der Waals surface area contributed by atoms with Crippen LogP contribution >= 0.6 is 13.5 Å². The lowest BCUT2D eigenvalue weighted by atomic mass is 9.96. The third-order valence-corrected chi connectivity index (χ3v) is 2.87. The van der Waals surface area contributed by atoms with Crippen molar-refractivity contribution in [3.05, 3.63) is 47.5 Å². The monoisotopic (exact) mass is 218 g/mol. The summed E-state index contributed by atoms with van der Waals surface area (Å²) in [6, 6.07) is 13.1. The first-order valence-corrected chi connectivity index (χ1v) is 5.36. The van der Waals surface area contributed by atoms with E-state index in [9.17, 15) is 0 Å². The van der Waals surface area contributed by atoms with Gasteiger partial charge in [-0.05, 0) is 34.7 Å². The molecule has 0 saturated carbocycles. The van der Waals surface area contributed by atoms with Gasteiger partial charge in [0.05, 0.1) is 0 Å². The highest BCUT2D eigenvalue weighted by molar-refractivity contribution is 7.59. The van der Waals surface area contributed by atoms with Gasteiger partial charge in [-0.25, -0.2) is 0 Å². The van der Waals surface area contributed by atoms with Crippen molar-refractivity contribution in [3.8, 4) is 0 Å². The Labute approximate surface area is 98.8 Å². The molecule has 0 radical (unpaired) electrons. The Bertz CT molecular complexity index is 446. The lowest BCUT2D eigenvalue weighted by molar-refractivity contribution is 1.05. The molecule has 0 amide bonds. The van der Waals surface area contributed by atoms with Crippen LogP contribution in [0, 0.1) is 0 Å². The lowest BCUT2D eigenvalue weighted by Crippen LogP contribution is -1.92. The van der Waals surface area contributed by atoms with E-state index in [1.807, 2.05) is 0 Å². The zero-order valence-electron chi connectivity index (χ0n) is 9.38. The van der Waals surface area contributed by atoms with Gasteiger partial charge in [-0.2, -0.15) is 13.5 Å². The van der Waals surface area contributed by atoms with E-state index < -0.39 is 0 Å². The molecule has 0 spiro atoms. The van der Waals surface area contributed by atoms with Gasteiger partial charge < -0.3 is 0 Å². The summed E-state index contributed by atoms with van der Waals surface area (Å²) < 4.78 is 0. The molecule has 0 fully saturated rings. The fourth-order valence-corrected chi connectivity index (χ4v) is 2.13. The first-order valence-electron chi connectivity index (χ1n) is 5.36. The summed E-state index contributed by atoms with van der Waals surface area (Å²) in [4.78, 5) is 0. The highest BCUT2D eigenvalue weighted by Gasteiger charge is 2.03. The van der Waals surface area contributed by atoms with Crippen molar-refractivity contribution in [2.24, 2.45) is 0 Å². The standard InChI is InChI=1S/C14H16.H2S/c1-3-11-9-10-12-7-5-6-8-14(12)13(11)4-2;/h5-10H,3-4H2,1-2H3;1H2. The zero-order chi connectivity index (χ0) is 9.97. The van der Waals surface area contributed by atoms with Crippen LogP contribution in [0.4, 0.5) is 0 Å². The molecule has 0 bridgehead atoms. The van der Waals surface area contributed by atoms with Crippen LogP contribution in [0.5, 0.6) is 0 Å². The van der Waals surface area contributed by atoms with Crippen molar-refractivity contribution in [2.45, 2.75) is 26.7 Å². The van der Waals surface area contributed by atoms with E-state index in [0.717, 1.165) is 12.8 Å². The molecule has 0 nitrogen and oxygen atoms in total. The van der Waals surface area contributed by atoms with Crippen LogP contribution < -0.4 is 0 Å². The van der Waals surface area contributed by atoms with Gasteiger partial charge in [0.1, 0.15) is 0 Å². The second-order valence-corrected chi connectivity index (χ2v) is 3.63. The normalized spacial score (nSPS) is 10.0. The Morgan fingerprint density at radius 3 is 2.27 bits per heavy atom. The average Bonchev–Trinajstić information content (AvgIpc) is 2.27. The number of hydrogen-bond acceptors (Lipinski definition) is 0. The molecule has 0 aliphatic rings. The average molecular weight is 218 g/mol. The summed E-state index contributed by atoms with van der Waals surface area (Å²) in [5, 5.41) is 2.79. The van der Waals surface area contributed by atoms with Gasteiger partial charge in [-0.3, -0.25) is 0 Å². The molecule has 0 saturated heterocycles. The topological polar surface area (TPSA) is 0 Å². The predicted octanol–water partition coefficient (Wildman–Crippen LogP) is 4.08. The molecule has 2 aromatic carbocycles. The lowest BCUT2D eigenvalue weighted by Gasteiger charge is -2.09. The first-order chi connectivity index (χ1) is 6.86. The maximum atomic E-state index is 2.27. The first kappa shape index (κ1) is 12.1. The van der Waals surface area contributed by atoms with E-state index >= 15 is 0 Å². The van der Waals surface area contributed by atoms with Crippen LogP contribution in [0.25, 0.3) is 10.8 Å². The molecule has 0 heterocycles. The summed E-state index contributed by atoms with van der Waals surface area (Å²) in [6.45, 7) is 4.46. The minimum absolute atomic E-state index is 0. The molecule has 2 rings (SSSR count). The van der Waals surface area contributed by atoms with Crippen LogP contribution in [0.3, 0.4) is 0 Å². The van der Waals surface area contributed by atoms with Gasteiger partial charge in [-0.15, -0.1) is 0 Å². The molecule has 2 aromatic rings. The van der Waals surface area contributed by atoms with Crippen LogP contribution in [0.1, 0.15) is 25.0 Å². The van der Waals surface area contributed by atoms with E-state index in [-0.39, 0.29) is 13.5 Å². The van der Waals surface area contributed by atoms with Gasteiger partial charge in [0.25, 0.3) is 0 Å². The molecule has 0 aliphatic carbocycles. The van der Waals surface area contributed by atoms with Crippen molar-refractivity contribution in [1.29, 1.82) is 0 Å². The second kappa shape index (κ2) is 5.22. The van der Waals surface area contributed by atoms with Gasteiger partial charge in [0.15, 0.2) is 0 Å². The maximum Gasteiger partial charge on any atom is -0.0149 e. The fourth-order valence-electron chi connectivity index (χ4n) is 2.13. The van der Waals surface area contributed by atoms with Crippen LogP contribution in [0.15, 0.2) is 36.4 Å². The SMILES string of the molecule is CCc1ccc2ccccc2c1CC.S. The number of benzene rings is 2. The van der Waals surface area contributed by atoms with Crippen molar-refractivity contribution >= 4 is 24.3 Å². The Morgan fingerprint density at radius 1 is 0.867 bits per heavy atom. The van der Waals surface area contributed by atoms with E-state index in [1.165, 1.54) is 21.9 Å². The molecule has 0 aromatic heterocycles. The van der Waals surface area contributed by atoms with E-state index in [4.69, 9.17) is 0 Å². The highest BCUT2D eigenvalue weighted by atomic mass is 32.1. The Balaban J connectivity index is 0.00000112. The number of aryl methyl sites for hydroxylation is 2. The van der Waals surface area contributed by atoms with Crippen LogP contribution in [-0.4, -0.2) is 0 Å². The summed E-state index contributed by atoms with van der Waals surface area (Å²) in [6.07, 6.45) is 2.26. The van der Waals surface area contributed by atoms with E-state index in [2.05, 4.69) is 50.2 Å². The Kier molecular flexibility index (Phi) is 4.22. The van der Waals surface area contributed by atoms with Gasteiger partial charge in [0, 0.05) is 0 Å². The molecule has 0 aliphatic heterocycles. The molecular formula is C14H18S. The Morgan fingerprint density at radius 2 is 1.60 bits per heavy atom. The van der Waals surface area contributed by atoms with Gasteiger partial charge >= 0.3 is 0 Å². The molecular weight excluding hydrogens is 200 g/mol. The van der Waals surface area contributed by atoms with Crippen LogP contribution in [0.2, 0.25) is 0 Å². The minimum Gasteiger partial charge on any atom is -0.197 e. The summed E-state index contributed by atoms with van der Waals surface area (Å²) >= 11 is 0. The summed E-state index contributed by atoms with van der Waals surface area (Å²) in [7, 11) is 0. The number of fused-ring (bicyclic) bond motifs is 1. The van der Waals surface area contributed by atoms with Crippen molar-refractivity contribution < 1.29 is 0 Å².